The molecule has 2 aliphatic heterocycles. The third kappa shape index (κ3) is 3.03. The summed E-state index contributed by atoms with van der Waals surface area (Å²) in [7, 11) is 2.48. The average Bonchev–Trinajstić information content (AvgIpc) is 2.85. The Bertz CT molecular complexity index is 609. The normalized spacial score (nSPS) is 20.7. The molecule has 1 atom stereocenters. The lowest BCUT2D eigenvalue weighted by Gasteiger charge is -2.15. The second-order valence-electron chi connectivity index (χ2n) is 4.02. The van der Waals surface area contributed by atoms with Crippen molar-refractivity contribution in [3.05, 3.63) is 10.5 Å². The lowest BCUT2D eigenvalue weighted by Crippen LogP contribution is -2.25. The summed E-state index contributed by atoms with van der Waals surface area (Å²) in [5.41, 5.74) is 0.339. The summed E-state index contributed by atoms with van der Waals surface area (Å²) in [5.74, 6) is -2.37. The zero-order chi connectivity index (χ0) is 15.6. The molecule has 0 radical (unpaired) electrons. The third-order valence-corrected chi connectivity index (χ3v) is 4.58. The molecule has 0 aromatic rings. The Hall–Kier alpha value is -1.61. The molecule has 0 aromatic carbocycles. The van der Waals surface area contributed by atoms with E-state index in [9.17, 15) is 14.4 Å². The van der Waals surface area contributed by atoms with E-state index in [-0.39, 0.29) is 11.3 Å². The van der Waals surface area contributed by atoms with Gasteiger partial charge in [0, 0.05) is 0 Å². The van der Waals surface area contributed by atoms with Crippen molar-refractivity contribution in [3.63, 3.8) is 0 Å². The molecule has 1 amide bonds. The molecule has 0 saturated carbocycles. The summed E-state index contributed by atoms with van der Waals surface area (Å²) >= 11 is 2.28. The van der Waals surface area contributed by atoms with E-state index in [1.807, 2.05) is 0 Å². The van der Waals surface area contributed by atoms with Crippen molar-refractivity contribution in [2.24, 2.45) is 15.9 Å². The van der Waals surface area contributed by atoms with Gasteiger partial charge in [0.25, 0.3) is 5.91 Å². The van der Waals surface area contributed by atoms with Gasteiger partial charge in [0.1, 0.15) is 5.92 Å². The molecule has 112 valence electrons. The molecular formula is C12H12N2O5S2. The highest BCUT2D eigenvalue weighted by atomic mass is 32.2. The van der Waals surface area contributed by atoms with Gasteiger partial charge in [-0.25, -0.2) is 9.79 Å². The van der Waals surface area contributed by atoms with Gasteiger partial charge in [-0.2, -0.15) is 4.99 Å². The largest absolute Gasteiger partial charge is 0.469 e. The quantitative estimate of drug-likeness (QED) is 0.713. The Morgan fingerprint density at radius 3 is 2.57 bits per heavy atom. The first-order valence-corrected chi connectivity index (χ1v) is 7.87. The summed E-state index contributed by atoms with van der Waals surface area (Å²) < 4.78 is 9.30. The van der Waals surface area contributed by atoms with Gasteiger partial charge in [-0.15, -0.1) is 0 Å². The summed E-state index contributed by atoms with van der Waals surface area (Å²) in [5, 5.41) is 0.779. The number of amides is 1. The van der Waals surface area contributed by atoms with E-state index in [1.165, 1.54) is 26.0 Å². The minimum atomic E-state index is -0.793. The predicted octanol–water partition coefficient (Wildman–Crippen LogP) is 0.997. The fourth-order valence-electron chi connectivity index (χ4n) is 1.90. The molecule has 2 rings (SSSR count). The van der Waals surface area contributed by atoms with Gasteiger partial charge >= 0.3 is 11.9 Å². The van der Waals surface area contributed by atoms with Crippen LogP contribution in [0.3, 0.4) is 0 Å². The molecule has 0 aliphatic carbocycles. The SMILES string of the molecule is COC(=O)CC1=C(C(=O)OC)SC2=NC(SC)=NC(=O)C21. The maximum atomic E-state index is 12.1. The van der Waals surface area contributed by atoms with Crippen LogP contribution >= 0.6 is 23.5 Å². The van der Waals surface area contributed by atoms with E-state index in [2.05, 4.69) is 14.7 Å². The Morgan fingerprint density at radius 2 is 2.00 bits per heavy atom. The minimum Gasteiger partial charge on any atom is -0.469 e. The topological polar surface area (TPSA) is 94.4 Å². The summed E-state index contributed by atoms with van der Waals surface area (Å²) in [6.07, 6.45) is 1.58. The lowest BCUT2D eigenvalue weighted by molar-refractivity contribution is -0.139. The summed E-state index contributed by atoms with van der Waals surface area (Å²) in [4.78, 5) is 43.8. The van der Waals surface area contributed by atoms with Gasteiger partial charge in [0.2, 0.25) is 0 Å². The Morgan fingerprint density at radius 1 is 1.29 bits per heavy atom. The molecule has 2 heterocycles. The number of amidine groups is 1. The number of ether oxygens (including phenoxy) is 2. The maximum Gasteiger partial charge on any atom is 0.344 e. The van der Waals surface area contributed by atoms with Crippen LogP contribution in [0.1, 0.15) is 6.42 Å². The first-order valence-electron chi connectivity index (χ1n) is 5.83. The van der Waals surface area contributed by atoms with Crippen molar-refractivity contribution >= 4 is 51.6 Å². The van der Waals surface area contributed by atoms with Gasteiger partial charge in [0.05, 0.1) is 30.6 Å². The van der Waals surface area contributed by atoms with Crippen molar-refractivity contribution in [1.82, 2.24) is 0 Å². The van der Waals surface area contributed by atoms with Gasteiger partial charge < -0.3 is 9.47 Å². The lowest BCUT2D eigenvalue weighted by atomic mass is 9.95. The number of thioether (sulfide) groups is 2. The van der Waals surface area contributed by atoms with Crippen LogP contribution in [0.25, 0.3) is 0 Å². The van der Waals surface area contributed by atoms with Crippen LogP contribution in [-0.2, 0) is 23.9 Å². The van der Waals surface area contributed by atoms with E-state index in [1.54, 1.807) is 6.26 Å². The number of carbonyl (C=O) groups is 3. The van der Waals surface area contributed by atoms with Crippen molar-refractivity contribution in [1.29, 1.82) is 0 Å². The van der Waals surface area contributed by atoms with Crippen molar-refractivity contribution in [2.45, 2.75) is 6.42 Å². The van der Waals surface area contributed by atoms with Crippen molar-refractivity contribution < 1.29 is 23.9 Å². The molecule has 0 saturated heterocycles. The van der Waals surface area contributed by atoms with E-state index < -0.39 is 23.8 Å². The van der Waals surface area contributed by atoms with E-state index in [0.29, 0.717) is 15.8 Å². The number of hydrogen-bond acceptors (Lipinski definition) is 8. The molecule has 1 unspecified atom stereocenters. The van der Waals surface area contributed by atoms with E-state index >= 15 is 0 Å². The monoisotopic (exact) mass is 328 g/mol. The summed E-state index contributed by atoms with van der Waals surface area (Å²) in [6.45, 7) is 0. The number of methoxy groups -OCH3 is 2. The van der Waals surface area contributed by atoms with Crippen molar-refractivity contribution in [2.75, 3.05) is 20.5 Å². The number of nitrogens with zero attached hydrogens (tertiary/aromatic N) is 2. The number of rotatable bonds is 3. The highest BCUT2D eigenvalue weighted by Gasteiger charge is 2.43. The van der Waals surface area contributed by atoms with Crippen molar-refractivity contribution in [3.8, 4) is 0 Å². The van der Waals surface area contributed by atoms with Crippen LogP contribution in [0.4, 0.5) is 0 Å². The molecule has 0 fully saturated rings. The number of carbonyl (C=O) groups excluding carboxylic acids is 3. The minimum absolute atomic E-state index is 0.173. The average molecular weight is 328 g/mol. The van der Waals surface area contributed by atoms with Gasteiger partial charge in [-0.1, -0.05) is 23.5 Å². The number of hydrogen-bond donors (Lipinski definition) is 0. The fraction of sp³-hybridized carbons (Fsp3) is 0.417. The van der Waals surface area contributed by atoms with Crippen LogP contribution in [0.5, 0.6) is 0 Å². The predicted molar refractivity (Wildman–Crippen MR) is 80.1 cm³/mol. The smallest absolute Gasteiger partial charge is 0.344 e. The molecule has 0 aromatic heterocycles. The zero-order valence-corrected chi connectivity index (χ0v) is 13.2. The molecule has 0 N–H and O–H groups in total. The molecule has 2 aliphatic rings. The van der Waals surface area contributed by atoms with Gasteiger partial charge in [0.15, 0.2) is 5.17 Å². The molecular weight excluding hydrogens is 316 g/mol. The Labute approximate surface area is 129 Å². The highest BCUT2D eigenvalue weighted by molar-refractivity contribution is 8.19. The second kappa shape index (κ2) is 6.44. The number of fused-ring (bicyclic) bond motifs is 1. The zero-order valence-electron chi connectivity index (χ0n) is 11.5. The molecule has 21 heavy (non-hydrogen) atoms. The standard InChI is InChI=1S/C12H12N2O5S2/c1-18-6(15)4-5-7-9(16)13-12(20-3)14-10(7)21-8(5)11(17)19-2/h7H,4H2,1-3H3. The Kier molecular flexibility index (Phi) is 4.84. The molecule has 7 nitrogen and oxygen atoms in total. The highest BCUT2D eigenvalue weighted by Crippen LogP contribution is 2.43. The molecule has 0 spiro atoms. The van der Waals surface area contributed by atoms with Crippen LogP contribution in [0.15, 0.2) is 20.5 Å². The maximum absolute atomic E-state index is 12.1. The van der Waals surface area contributed by atoms with Gasteiger partial charge in [-0.3, -0.25) is 9.59 Å². The van der Waals surface area contributed by atoms with Crippen LogP contribution in [0, 0.1) is 5.92 Å². The third-order valence-electron chi connectivity index (χ3n) is 2.87. The summed E-state index contributed by atoms with van der Waals surface area (Å²) in [6, 6.07) is 0. The van der Waals surface area contributed by atoms with E-state index in [0.717, 1.165) is 11.8 Å². The number of aliphatic imine (C=N–C) groups is 2. The van der Waals surface area contributed by atoms with Crippen LogP contribution in [0.2, 0.25) is 0 Å². The fourth-order valence-corrected chi connectivity index (χ4v) is 3.51. The first-order chi connectivity index (χ1) is 10.0. The Balaban J connectivity index is 2.42. The van der Waals surface area contributed by atoms with Crippen LogP contribution in [-0.4, -0.2) is 48.5 Å². The first kappa shape index (κ1) is 15.8. The molecule has 0 bridgehead atoms. The van der Waals surface area contributed by atoms with Crippen LogP contribution < -0.4 is 0 Å². The molecule has 9 heteroatoms. The van der Waals surface area contributed by atoms with E-state index in [4.69, 9.17) is 4.74 Å². The number of esters is 2. The second-order valence-corrected chi connectivity index (χ2v) is 5.82. The van der Waals surface area contributed by atoms with Gasteiger partial charge in [-0.05, 0) is 11.8 Å².